The van der Waals surface area contributed by atoms with E-state index in [0.29, 0.717) is 0 Å². The van der Waals surface area contributed by atoms with Crippen molar-refractivity contribution in [1.82, 2.24) is 9.97 Å². The zero-order valence-electron chi connectivity index (χ0n) is 8.32. The molecule has 3 heteroatoms. The van der Waals surface area contributed by atoms with Crippen molar-refractivity contribution in [2.45, 2.75) is 12.7 Å². The lowest BCUT2D eigenvalue weighted by molar-refractivity contribution is 1.03. The minimum Gasteiger partial charge on any atom is -0.237 e. The lowest BCUT2D eigenvalue weighted by Gasteiger charge is -2.03. The number of aromatic nitrogens is 2. The van der Waals surface area contributed by atoms with Crippen LogP contribution in [0.25, 0.3) is 10.9 Å². The number of thioether (sulfide) groups is 1. The Morgan fingerprint density at radius 1 is 1.21 bits per heavy atom. The van der Waals surface area contributed by atoms with Crippen LogP contribution < -0.4 is 0 Å². The van der Waals surface area contributed by atoms with Crippen LogP contribution in [-0.2, 0) is 5.75 Å². The second-order valence-electron chi connectivity index (χ2n) is 3.18. The number of rotatable bonds is 2. The van der Waals surface area contributed by atoms with Gasteiger partial charge >= 0.3 is 0 Å². The maximum atomic E-state index is 4.49. The van der Waals surface area contributed by atoms with Gasteiger partial charge in [-0.1, -0.05) is 18.2 Å². The monoisotopic (exact) mass is 204 g/mol. The van der Waals surface area contributed by atoms with E-state index in [2.05, 4.69) is 22.3 Å². The lowest BCUT2D eigenvalue weighted by atomic mass is 10.2. The third-order valence-electron chi connectivity index (χ3n) is 2.11. The van der Waals surface area contributed by atoms with Crippen LogP contribution >= 0.6 is 11.8 Å². The van der Waals surface area contributed by atoms with E-state index in [4.69, 9.17) is 0 Å². The first kappa shape index (κ1) is 9.46. The zero-order chi connectivity index (χ0) is 9.97. The molecular weight excluding hydrogens is 192 g/mol. The van der Waals surface area contributed by atoms with Crippen molar-refractivity contribution >= 4 is 22.7 Å². The number of para-hydroxylation sites is 1. The van der Waals surface area contributed by atoms with Gasteiger partial charge in [0.1, 0.15) is 5.82 Å². The van der Waals surface area contributed by atoms with Crippen molar-refractivity contribution in [3.05, 3.63) is 35.8 Å². The van der Waals surface area contributed by atoms with Gasteiger partial charge in [0.25, 0.3) is 0 Å². The highest BCUT2D eigenvalue weighted by atomic mass is 32.2. The maximum Gasteiger partial charge on any atom is 0.139 e. The van der Waals surface area contributed by atoms with Gasteiger partial charge in [0.15, 0.2) is 0 Å². The van der Waals surface area contributed by atoms with Crippen LogP contribution in [0.1, 0.15) is 11.5 Å². The average Bonchev–Trinajstić information content (AvgIpc) is 2.18. The van der Waals surface area contributed by atoms with Crippen molar-refractivity contribution in [1.29, 1.82) is 0 Å². The minimum absolute atomic E-state index is 0.881. The predicted octanol–water partition coefficient (Wildman–Crippen LogP) is 2.80. The van der Waals surface area contributed by atoms with Gasteiger partial charge in [-0.15, -0.1) is 0 Å². The largest absolute Gasteiger partial charge is 0.237 e. The Kier molecular flexibility index (Phi) is 2.68. The molecule has 0 spiro atoms. The average molecular weight is 204 g/mol. The van der Waals surface area contributed by atoms with E-state index in [9.17, 15) is 0 Å². The molecule has 1 aromatic carbocycles. The van der Waals surface area contributed by atoms with Gasteiger partial charge in [-0.2, -0.15) is 11.8 Å². The van der Waals surface area contributed by atoms with Crippen molar-refractivity contribution in [3.8, 4) is 0 Å². The van der Waals surface area contributed by atoms with Crippen LogP contribution in [0, 0.1) is 6.92 Å². The smallest absolute Gasteiger partial charge is 0.139 e. The molecule has 2 nitrogen and oxygen atoms in total. The van der Waals surface area contributed by atoms with Crippen molar-refractivity contribution in [2.24, 2.45) is 0 Å². The second kappa shape index (κ2) is 3.96. The van der Waals surface area contributed by atoms with Gasteiger partial charge < -0.3 is 0 Å². The summed E-state index contributed by atoms with van der Waals surface area (Å²) in [6, 6.07) is 8.13. The van der Waals surface area contributed by atoms with Crippen LogP contribution in [0.2, 0.25) is 0 Å². The van der Waals surface area contributed by atoms with Gasteiger partial charge in [0.05, 0.1) is 11.3 Å². The highest BCUT2D eigenvalue weighted by Crippen LogP contribution is 2.16. The van der Waals surface area contributed by atoms with E-state index in [1.807, 2.05) is 25.1 Å². The summed E-state index contributed by atoms with van der Waals surface area (Å²) >= 11 is 1.75. The molecule has 0 bridgehead atoms. The van der Waals surface area contributed by atoms with Crippen LogP contribution in [-0.4, -0.2) is 16.2 Å². The summed E-state index contributed by atoms with van der Waals surface area (Å²) < 4.78 is 0. The Morgan fingerprint density at radius 2 is 2.00 bits per heavy atom. The number of hydrogen-bond acceptors (Lipinski definition) is 3. The molecule has 0 atom stereocenters. The molecule has 2 aromatic rings. The summed E-state index contributed by atoms with van der Waals surface area (Å²) in [7, 11) is 0. The summed E-state index contributed by atoms with van der Waals surface area (Å²) in [5.41, 5.74) is 2.11. The van der Waals surface area contributed by atoms with E-state index < -0.39 is 0 Å². The molecule has 14 heavy (non-hydrogen) atoms. The topological polar surface area (TPSA) is 25.8 Å². The first-order valence-electron chi connectivity index (χ1n) is 4.52. The molecular formula is C11H12N2S. The molecule has 0 fully saturated rings. The van der Waals surface area contributed by atoms with E-state index in [-0.39, 0.29) is 0 Å². The van der Waals surface area contributed by atoms with Gasteiger partial charge in [0.2, 0.25) is 0 Å². The lowest BCUT2D eigenvalue weighted by Crippen LogP contribution is -1.96. The van der Waals surface area contributed by atoms with E-state index in [1.54, 1.807) is 11.8 Å². The maximum absolute atomic E-state index is 4.49. The summed E-state index contributed by atoms with van der Waals surface area (Å²) in [5, 5.41) is 1.15. The molecule has 1 aromatic heterocycles. The van der Waals surface area contributed by atoms with Gasteiger partial charge in [-0.25, -0.2) is 9.97 Å². The molecule has 0 saturated carbocycles. The Hall–Kier alpha value is -1.09. The quantitative estimate of drug-likeness (QED) is 0.752. The molecule has 2 rings (SSSR count). The van der Waals surface area contributed by atoms with Crippen LogP contribution in [0.15, 0.2) is 24.3 Å². The molecule has 0 aliphatic carbocycles. The van der Waals surface area contributed by atoms with Crippen LogP contribution in [0.5, 0.6) is 0 Å². The van der Waals surface area contributed by atoms with E-state index >= 15 is 0 Å². The highest BCUT2D eigenvalue weighted by Gasteiger charge is 2.02. The second-order valence-corrected chi connectivity index (χ2v) is 4.04. The van der Waals surface area contributed by atoms with Crippen LogP contribution in [0.3, 0.4) is 0 Å². The number of nitrogens with zero attached hydrogens (tertiary/aromatic N) is 2. The fourth-order valence-corrected chi connectivity index (χ4v) is 1.88. The number of aryl methyl sites for hydroxylation is 1. The Labute approximate surface area is 87.8 Å². The van der Waals surface area contributed by atoms with Gasteiger partial charge in [-0.3, -0.25) is 0 Å². The molecule has 1 heterocycles. The molecule has 0 aliphatic rings. The highest BCUT2D eigenvalue weighted by molar-refractivity contribution is 7.97. The summed E-state index contributed by atoms with van der Waals surface area (Å²) in [4.78, 5) is 8.95. The Bertz CT molecular complexity index is 454. The Morgan fingerprint density at radius 3 is 2.79 bits per heavy atom. The fraction of sp³-hybridized carbons (Fsp3) is 0.273. The number of hydrogen-bond donors (Lipinski definition) is 0. The first-order chi connectivity index (χ1) is 6.81. The molecule has 0 saturated heterocycles. The first-order valence-corrected chi connectivity index (χ1v) is 5.92. The van der Waals surface area contributed by atoms with Crippen molar-refractivity contribution in [2.75, 3.05) is 6.26 Å². The zero-order valence-corrected chi connectivity index (χ0v) is 9.14. The standard InChI is InChI=1S/C11H12N2S/c1-8-9-5-3-4-6-10(9)13-11(12-8)7-14-2/h3-6H,7H2,1-2H3. The van der Waals surface area contributed by atoms with E-state index in [0.717, 1.165) is 28.2 Å². The molecule has 72 valence electrons. The molecule has 0 N–H and O–H groups in total. The minimum atomic E-state index is 0.881. The SMILES string of the molecule is CSCc1nc(C)c2ccccc2n1. The fourth-order valence-electron chi connectivity index (χ4n) is 1.49. The van der Waals surface area contributed by atoms with E-state index in [1.165, 1.54) is 0 Å². The number of fused-ring (bicyclic) bond motifs is 1. The summed E-state index contributed by atoms with van der Waals surface area (Å²) in [6.45, 7) is 2.04. The van der Waals surface area contributed by atoms with Crippen LogP contribution in [0.4, 0.5) is 0 Å². The molecule has 0 aliphatic heterocycles. The van der Waals surface area contributed by atoms with Crippen molar-refractivity contribution in [3.63, 3.8) is 0 Å². The third kappa shape index (κ3) is 1.73. The molecule has 0 radical (unpaired) electrons. The summed E-state index contributed by atoms with van der Waals surface area (Å²) in [6.07, 6.45) is 2.06. The third-order valence-corrected chi connectivity index (χ3v) is 2.66. The van der Waals surface area contributed by atoms with Gasteiger partial charge in [-0.05, 0) is 19.2 Å². The normalized spacial score (nSPS) is 10.7. The van der Waals surface area contributed by atoms with Gasteiger partial charge in [0, 0.05) is 11.1 Å². The Balaban J connectivity index is 2.60. The molecule has 0 unspecified atom stereocenters. The van der Waals surface area contributed by atoms with Crippen molar-refractivity contribution < 1.29 is 0 Å². The predicted molar refractivity (Wildman–Crippen MR) is 61.5 cm³/mol. The summed E-state index contributed by atoms with van der Waals surface area (Å²) in [5.74, 6) is 1.81. The number of benzene rings is 1. The molecule has 0 amide bonds.